The van der Waals surface area contributed by atoms with Gasteiger partial charge in [-0.2, -0.15) is 0 Å². The van der Waals surface area contributed by atoms with Gasteiger partial charge in [0.1, 0.15) is 5.75 Å². The predicted molar refractivity (Wildman–Crippen MR) is 121 cm³/mol. The maximum absolute atomic E-state index is 13.0. The molecule has 0 bridgehead atoms. The lowest BCUT2D eigenvalue weighted by atomic mass is 10.0. The largest absolute Gasteiger partial charge is 0.497 e. The van der Waals surface area contributed by atoms with Crippen LogP contribution in [0.5, 0.6) is 5.75 Å². The van der Waals surface area contributed by atoms with Crippen molar-refractivity contribution >= 4 is 28.1 Å². The first-order chi connectivity index (χ1) is 15.2. The van der Waals surface area contributed by atoms with E-state index < -0.39 is 0 Å². The fourth-order valence-electron chi connectivity index (χ4n) is 3.80. The van der Waals surface area contributed by atoms with Crippen LogP contribution in [0.2, 0.25) is 0 Å². The fourth-order valence-corrected chi connectivity index (χ4v) is 3.80. The first-order valence-electron chi connectivity index (χ1n) is 10.7. The summed E-state index contributed by atoms with van der Waals surface area (Å²) in [4.78, 5) is 13.0. The summed E-state index contributed by atoms with van der Waals surface area (Å²) in [5.41, 5.74) is 3.25. The van der Waals surface area contributed by atoms with E-state index in [2.05, 4.69) is 10.6 Å². The molecule has 0 unspecified atom stereocenters. The average molecular weight is 418 g/mol. The summed E-state index contributed by atoms with van der Waals surface area (Å²) in [6, 6.07) is 17.3. The van der Waals surface area contributed by atoms with E-state index in [-0.39, 0.29) is 12.2 Å². The van der Waals surface area contributed by atoms with Gasteiger partial charge in [0.2, 0.25) is 0 Å². The maximum atomic E-state index is 13.0. The van der Waals surface area contributed by atoms with Gasteiger partial charge in [-0.1, -0.05) is 18.2 Å². The summed E-state index contributed by atoms with van der Waals surface area (Å²) in [5.74, 6) is 1.38. The molecule has 6 nitrogen and oxygen atoms in total. The Hall–Kier alpha value is -3.09. The Morgan fingerprint density at radius 1 is 1.03 bits per heavy atom. The summed E-state index contributed by atoms with van der Waals surface area (Å²) >= 11 is 0. The standard InChI is InChI=1S/C25H26N2O4/c1-29-21-9-6-18-12-19(13-23(22(18)14-21)26-15-16-2-3-16)24(28)27-20-7-4-17(5-8-20)25-30-10-11-31-25/h4-9,12-14,16,25-26H,2-3,10-11,15H2,1H3,(H,27,28). The van der Waals surface area contributed by atoms with E-state index in [4.69, 9.17) is 14.2 Å². The summed E-state index contributed by atoms with van der Waals surface area (Å²) in [6.45, 7) is 2.13. The Balaban J connectivity index is 1.38. The highest BCUT2D eigenvalue weighted by Crippen LogP contribution is 2.33. The van der Waals surface area contributed by atoms with Crippen molar-refractivity contribution in [2.45, 2.75) is 19.1 Å². The zero-order valence-corrected chi connectivity index (χ0v) is 17.5. The average Bonchev–Trinajstić information content (AvgIpc) is 3.48. The summed E-state index contributed by atoms with van der Waals surface area (Å²) < 4.78 is 16.4. The van der Waals surface area contributed by atoms with E-state index in [0.717, 1.165) is 45.9 Å². The number of nitrogens with one attached hydrogen (secondary N) is 2. The van der Waals surface area contributed by atoms with Crippen molar-refractivity contribution < 1.29 is 19.0 Å². The van der Waals surface area contributed by atoms with E-state index in [9.17, 15) is 4.79 Å². The molecule has 31 heavy (non-hydrogen) atoms. The zero-order chi connectivity index (χ0) is 21.2. The minimum absolute atomic E-state index is 0.145. The monoisotopic (exact) mass is 418 g/mol. The third-order valence-electron chi connectivity index (χ3n) is 5.76. The van der Waals surface area contributed by atoms with Gasteiger partial charge >= 0.3 is 0 Å². The third-order valence-corrected chi connectivity index (χ3v) is 5.76. The molecule has 160 valence electrons. The van der Waals surface area contributed by atoms with Crippen LogP contribution in [0.3, 0.4) is 0 Å². The Morgan fingerprint density at radius 3 is 2.52 bits per heavy atom. The summed E-state index contributed by atoms with van der Waals surface area (Å²) in [5, 5.41) is 8.58. The molecule has 2 aliphatic rings. The SMILES string of the molecule is COc1ccc2cc(C(=O)Nc3ccc(C4OCCO4)cc3)cc(NCC3CC3)c2c1. The van der Waals surface area contributed by atoms with Crippen LogP contribution in [0.4, 0.5) is 11.4 Å². The summed E-state index contributed by atoms with van der Waals surface area (Å²) in [6.07, 6.45) is 2.21. The highest BCUT2D eigenvalue weighted by atomic mass is 16.7. The Kier molecular flexibility index (Phi) is 5.49. The Morgan fingerprint density at radius 2 is 1.81 bits per heavy atom. The molecule has 0 spiro atoms. The number of fused-ring (bicyclic) bond motifs is 1. The van der Waals surface area contributed by atoms with Gasteiger partial charge in [0.15, 0.2) is 6.29 Å². The van der Waals surface area contributed by atoms with Crippen LogP contribution in [-0.2, 0) is 9.47 Å². The number of carbonyl (C=O) groups excluding carboxylic acids is 1. The van der Waals surface area contributed by atoms with Crippen LogP contribution in [0, 0.1) is 5.92 Å². The van der Waals surface area contributed by atoms with Crippen molar-refractivity contribution in [1.82, 2.24) is 0 Å². The van der Waals surface area contributed by atoms with E-state index in [0.29, 0.717) is 18.8 Å². The molecule has 1 saturated carbocycles. The second-order valence-corrected chi connectivity index (χ2v) is 8.08. The highest BCUT2D eigenvalue weighted by Gasteiger charge is 2.21. The minimum atomic E-state index is -0.317. The van der Waals surface area contributed by atoms with Crippen molar-refractivity contribution in [3.8, 4) is 5.75 Å². The van der Waals surface area contributed by atoms with E-state index in [1.165, 1.54) is 12.8 Å². The molecule has 1 saturated heterocycles. The number of carbonyl (C=O) groups is 1. The van der Waals surface area contributed by atoms with Crippen molar-refractivity contribution in [3.63, 3.8) is 0 Å². The molecule has 1 aliphatic carbocycles. The minimum Gasteiger partial charge on any atom is -0.497 e. The molecule has 6 heteroatoms. The van der Waals surface area contributed by atoms with Gasteiger partial charge in [0.05, 0.1) is 20.3 Å². The molecule has 3 aromatic carbocycles. The van der Waals surface area contributed by atoms with Gasteiger partial charge in [0.25, 0.3) is 5.91 Å². The molecule has 1 amide bonds. The van der Waals surface area contributed by atoms with Gasteiger partial charge in [-0.05, 0) is 60.5 Å². The van der Waals surface area contributed by atoms with E-state index >= 15 is 0 Å². The normalized spacial score (nSPS) is 16.4. The van der Waals surface area contributed by atoms with Gasteiger partial charge in [-0.25, -0.2) is 0 Å². The number of hydrogen-bond acceptors (Lipinski definition) is 5. The predicted octanol–water partition coefficient (Wildman–Crippen LogP) is 4.97. The molecule has 2 N–H and O–H groups in total. The van der Waals surface area contributed by atoms with Crippen LogP contribution in [0.25, 0.3) is 10.8 Å². The quantitative estimate of drug-likeness (QED) is 0.567. The highest BCUT2D eigenvalue weighted by molar-refractivity contribution is 6.09. The summed E-state index contributed by atoms with van der Waals surface area (Å²) in [7, 11) is 1.66. The molecule has 2 fully saturated rings. The molecular formula is C25H26N2O4. The smallest absolute Gasteiger partial charge is 0.255 e. The van der Waals surface area contributed by atoms with E-state index in [1.54, 1.807) is 7.11 Å². The lowest BCUT2D eigenvalue weighted by Gasteiger charge is -2.14. The molecule has 1 aliphatic heterocycles. The first kappa shape index (κ1) is 19.8. The van der Waals surface area contributed by atoms with Crippen molar-refractivity contribution in [3.05, 3.63) is 65.7 Å². The van der Waals surface area contributed by atoms with Crippen LogP contribution >= 0.6 is 0 Å². The topological polar surface area (TPSA) is 68.8 Å². The second kappa shape index (κ2) is 8.57. The molecule has 3 aromatic rings. The number of rotatable bonds is 7. The third kappa shape index (κ3) is 4.50. The Labute approximate surface area is 181 Å². The molecule has 5 rings (SSSR count). The zero-order valence-electron chi connectivity index (χ0n) is 17.5. The van der Waals surface area contributed by atoms with Crippen LogP contribution < -0.4 is 15.4 Å². The molecule has 1 heterocycles. The maximum Gasteiger partial charge on any atom is 0.255 e. The number of amides is 1. The van der Waals surface area contributed by atoms with Gasteiger partial charge in [0, 0.05) is 34.4 Å². The van der Waals surface area contributed by atoms with Gasteiger partial charge < -0.3 is 24.8 Å². The van der Waals surface area contributed by atoms with Gasteiger partial charge in [-0.3, -0.25) is 4.79 Å². The van der Waals surface area contributed by atoms with Crippen molar-refractivity contribution in [1.29, 1.82) is 0 Å². The molecule has 0 radical (unpaired) electrons. The number of methoxy groups -OCH3 is 1. The number of anilines is 2. The van der Waals surface area contributed by atoms with Crippen LogP contribution in [0.15, 0.2) is 54.6 Å². The molecule has 0 atom stereocenters. The van der Waals surface area contributed by atoms with Crippen LogP contribution in [0.1, 0.15) is 35.1 Å². The molecule has 0 aromatic heterocycles. The Bertz CT molecular complexity index is 1090. The van der Waals surface area contributed by atoms with E-state index in [1.807, 2.05) is 54.6 Å². The van der Waals surface area contributed by atoms with Crippen molar-refractivity contribution in [2.24, 2.45) is 5.92 Å². The lowest BCUT2D eigenvalue weighted by Crippen LogP contribution is -2.13. The van der Waals surface area contributed by atoms with Crippen LogP contribution in [-0.4, -0.2) is 32.8 Å². The lowest BCUT2D eigenvalue weighted by molar-refractivity contribution is -0.0441. The number of benzene rings is 3. The second-order valence-electron chi connectivity index (χ2n) is 8.08. The number of ether oxygens (including phenoxy) is 3. The van der Waals surface area contributed by atoms with Crippen molar-refractivity contribution in [2.75, 3.05) is 37.5 Å². The first-order valence-corrected chi connectivity index (χ1v) is 10.7. The fraction of sp³-hybridized carbons (Fsp3) is 0.320. The molecular weight excluding hydrogens is 392 g/mol. The number of hydrogen-bond donors (Lipinski definition) is 2. The van der Waals surface area contributed by atoms with Gasteiger partial charge in [-0.15, -0.1) is 0 Å².